The number of methoxy groups -OCH3 is 1. The highest BCUT2D eigenvalue weighted by molar-refractivity contribution is 5.98. The molecule has 0 saturated carbocycles. The first kappa shape index (κ1) is 21.3. The number of rotatable bonds is 8. The second kappa shape index (κ2) is 7.64. The summed E-state index contributed by atoms with van der Waals surface area (Å²) >= 11 is 0. The van der Waals surface area contributed by atoms with E-state index in [4.69, 9.17) is 26.9 Å². The summed E-state index contributed by atoms with van der Waals surface area (Å²) in [5, 5.41) is 0. The SMILES string of the molecule is [B]OC(C)(C)C(C)(C)Oc1cnc(OCC(C)(C)C(=O)OC)cc1C. The highest BCUT2D eigenvalue weighted by atomic mass is 16.5. The second-order valence-electron chi connectivity index (χ2n) is 7.69. The molecule has 0 saturated heterocycles. The molecule has 0 atom stereocenters. The van der Waals surface area contributed by atoms with E-state index in [-0.39, 0.29) is 12.6 Å². The third-order valence-corrected chi connectivity index (χ3v) is 4.47. The van der Waals surface area contributed by atoms with Crippen molar-refractivity contribution in [3.05, 3.63) is 17.8 Å². The number of aromatic nitrogens is 1. The Bertz CT molecular complexity index is 613. The molecule has 1 rings (SSSR count). The van der Waals surface area contributed by atoms with Crippen molar-refractivity contribution in [1.29, 1.82) is 0 Å². The maximum atomic E-state index is 11.7. The van der Waals surface area contributed by atoms with Crippen LogP contribution in [-0.4, -0.2) is 43.9 Å². The standard InChI is InChI=1S/C18H28BNO5/c1-12-9-14(23-11-16(2,3)15(21)22-8)20-10-13(12)24-17(4,5)18(6,7)25-19/h9-10H,11H2,1-8H3. The molecule has 1 aromatic heterocycles. The Kier molecular flexibility index (Phi) is 6.51. The highest BCUT2D eigenvalue weighted by Crippen LogP contribution is 2.32. The highest BCUT2D eigenvalue weighted by Gasteiger charge is 2.39. The lowest BCUT2D eigenvalue weighted by Crippen LogP contribution is -2.51. The molecule has 6 nitrogen and oxygen atoms in total. The number of esters is 1. The summed E-state index contributed by atoms with van der Waals surface area (Å²) in [6.07, 6.45) is 1.59. The molecule has 138 valence electrons. The third kappa shape index (κ3) is 5.11. The van der Waals surface area contributed by atoms with Gasteiger partial charge in [-0.3, -0.25) is 4.79 Å². The number of aryl methyl sites for hydroxylation is 1. The van der Waals surface area contributed by atoms with E-state index in [2.05, 4.69) is 4.98 Å². The van der Waals surface area contributed by atoms with Crippen LogP contribution in [0.3, 0.4) is 0 Å². The number of carbonyl (C=O) groups is 1. The van der Waals surface area contributed by atoms with E-state index in [0.717, 1.165) is 5.56 Å². The van der Waals surface area contributed by atoms with Crippen molar-refractivity contribution in [2.75, 3.05) is 13.7 Å². The van der Waals surface area contributed by atoms with Gasteiger partial charge in [0.25, 0.3) is 8.05 Å². The Morgan fingerprint density at radius 2 is 1.76 bits per heavy atom. The molecule has 0 N–H and O–H groups in total. The minimum atomic E-state index is -0.760. The van der Waals surface area contributed by atoms with Gasteiger partial charge in [-0.25, -0.2) is 4.98 Å². The number of pyridine rings is 1. The van der Waals surface area contributed by atoms with Crippen LogP contribution in [0.4, 0.5) is 0 Å². The largest absolute Gasteiger partial charge is 0.483 e. The molecule has 0 bridgehead atoms. The Morgan fingerprint density at radius 1 is 1.16 bits per heavy atom. The van der Waals surface area contributed by atoms with E-state index in [1.54, 1.807) is 26.1 Å². The number of hydrogen-bond donors (Lipinski definition) is 0. The second-order valence-corrected chi connectivity index (χ2v) is 7.69. The maximum absolute atomic E-state index is 11.7. The summed E-state index contributed by atoms with van der Waals surface area (Å²) in [5.74, 6) is 0.679. The Labute approximate surface area is 151 Å². The average Bonchev–Trinajstić information content (AvgIpc) is 2.54. The van der Waals surface area contributed by atoms with Crippen LogP contribution in [0.2, 0.25) is 0 Å². The molecular weight excluding hydrogens is 321 g/mol. The quantitative estimate of drug-likeness (QED) is 0.531. The van der Waals surface area contributed by atoms with Gasteiger partial charge < -0.3 is 18.9 Å². The normalized spacial score (nSPS) is 12.6. The van der Waals surface area contributed by atoms with Gasteiger partial charge in [-0.15, -0.1) is 0 Å². The fourth-order valence-corrected chi connectivity index (χ4v) is 1.83. The van der Waals surface area contributed by atoms with Crippen LogP contribution in [0, 0.1) is 12.3 Å². The molecule has 0 spiro atoms. The van der Waals surface area contributed by atoms with E-state index in [9.17, 15) is 4.79 Å². The lowest BCUT2D eigenvalue weighted by molar-refractivity contribution is -0.152. The first-order valence-electron chi connectivity index (χ1n) is 8.11. The summed E-state index contributed by atoms with van der Waals surface area (Å²) in [6.45, 7) is 13.0. The van der Waals surface area contributed by atoms with Crippen LogP contribution in [0.1, 0.15) is 47.1 Å². The molecular formula is C18H28BNO5. The molecule has 0 aliphatic carbocycles. The predicted molar refractivity (Wildman–Crippen MR) is 95.9 cm³/mol. The zero-order valence-corrected chi connectivity index (χ0v) is 16.4. The van der Waals surface area contributed by atoms with E-state index in [1.807, 2.05) is 34.6 Å². The van der Waals surface area contributed by atoms with Crippen LogP contribution in [0.25, 0.3) is 0 Å². The van der Waals surface area contributed by atoms with Crippen LogP contribution in [0.15, 0.2) is 12.3 Å². The lowest BCUT2D eigenvalue weighted by atomic mass is 9.88. The molecule has 2 radical (unpaired) electrons. The van der Waals surface area contributed by atoms with Gasteiger partial charge in [0.05, 0.1) is 24.3 Å². The summed E-state index contributed by atoms with van der Waals surface area (Å²) < 4.78 is 21.5. The first-order chi connectivity index (χ1) is 11.4. The van der Waals surface area contributed by atoms with Crippen molar-refractivity contribution in [2.45, 2.75) is 59.7 Å². The molecule has 7 heteroatoms. The molecule has 0 aliphatic heterocycles. The van der Waals surface area contributed by atoms with E-state index in [0.29, 0.717) is 11.6 Å². The van der Waals surface area contributed by atoms with Crippen LogP contribution >= 0.6 is 0 Å². The van der Waals surface area contributed by atoms with E-state index >= 15 is 0 Å². The summed E-state index contributed by atoms with van der Waals surface area (Å²) in [4.78, 5) is 15.9. The summed E-state index contributed by atoms with van der Waals surface area (Å²) in [7, 11) is 6.73. The zero-order valence-electron chi connectivity index (χ0n) is 16.4. The zero-order chi connectivity index (χ0) is 19.5. The number of carbonyl (C=O) groups excluding carboxylic acids is 1. The van der Waals surface area contributed by atoms with Crippen LogP contribution < -0.4 is 9.47 Å². The monoisotopic (exact) mass is 349 g/mol. The summed E-state index contributed by atoms with van der Waals surface area (Å²) in [6, 6.07) is 1.76. The fourth-order valence-electron chi connectivity index (χ4n) is 1.83. The van der Waals surface area contributed by atoms with Crippen molar-refractivity contribution in [2.24, 2.45) is 5.41 Å². The van der Waals surface area contributed by atoms with Gasteiger partial charge in [-0.05, 0) is 54.0 Å². The topological polar surface area (TPSA) is 66.9 Å². The van der Waals surface area contributed by atoms with Gasteiger partial charge in [0.2, 0.25) is 5.88 Å². The van der Waals surface area contributed by atoms with Gasteiger partial charge in [0, 0.05) is 6.07 Å². The van der Waals surface area contributed by atoms with Crippen molar-refractivity contribution in [3.63, 3.8) is 0 Å². The Hall–Kier alpha value is -1.76. The molecule has 0 aliphatic rings. The maximum Gasteiger partial charge on any atom is 0.314 e. The molecule has 1 heterocycles. The fraction of sp³-hybridized carbons (Fsp3) is 0.667. The van der Waals surface area contributed by atoms with Crippen LogP contribution in [-0.2, 0) is 14.2 Å². The van der Waals surface area contributed by atoms with Crippen molar-refractivity contribution < 1.29 is 23.7 Å². The number of hydrogen-bond acceptors (Lipinski definition) is 6. The van der Waals surface area contributed by atoms with Gasteiger partial charge in [-0.1, -0.05) is 0 Å². The molecule has 0 aromatic carbocycles. The molecule has 1 aromatic rings. The summed E-state index contributed by atoms with van der Waals surface area (Å²) in [5.41, 5.74) is -1.28. The van der Waals surface area contributed by atoms with Gasteiger partial charge in [-0.2, -0.15) is 0 Å². The number of nitrogens with zero attached hydrogens (tertiary/aromatic N) is 1. The van der Waals surface area contributed by atoms with Crippen molar-refractivity contribution in [3.8, 4) is 11.6 Å². The third-order valence-electron chi connectivity index (χ3n) is 4.47. The van der Waals surface area contributed by atoms with E-state index in [1.165, 1.54) is 7.11 Å². The number of ether oxygens (including phenoxy) is 3. The average molecular weight is 349 g/mol. The van der Waals surface area contributed by atoms with Crippen molar-refractivity contribution in [1.82, 2.24) is 4.98 Å². The minimum absolute atomic E-state index is 0.159. The Morgan fingerprint density at radius 3 is 2.24 bits per heavy atom. The van der Waals surface area contributed by atoms with Gasteiger partial charge in [0.1, 0.15) is 18.0 Å². The molecule has 25 heavy (non-hydrogen) atoms. The first-order valence-corrected chi connectivity index (χ1v) is 8.11. The van der Waals surface area contributed by atoms with E-state index < -0.39 is 16.6 Å². The smallest absolute Gasteiger partial charge is 0.314 e. The Balaban J connectivity index is 2.86. The lowest BCUT2D eigenvalue weighted by Gasteiger charge is -2.41. The van der Waals surface area contributed by atoms with Crippen LogP contribution in [0.5, 0.6) is 11.6 Å². The predicted octanol–water partition coefficient (Wildman–Crippen LogP) is 3.00. The molecule has 0 amide bonds. The molecule has 0 unspecified atom stereocenters. The molecule has 0 fully saturated rings. The van der Waals surface area contributed by atoms with Crippen molar-refractivity contribution >= 4 is 14.0 Å². The van der Waals surface area contributed by atoms with Gasteiger partial charge >= 0.3 is 5.97 Å². The minimum Gasteiger partial charge on any atom is -0.483 e. The van der Waals surface area contributed by atoms with Gasteiger partial charge in [0.15, 0.2) is 0 Å².